The number of hydrogen-bond donors (Lipinski definition) is 0. The van der Waals surface area contributed by atoms with Crippen molar-refractivity contribution in [2.75, 3.05) is 24.0 Å². The summed E-state index contributed by atoms with van der Waals surface area (Å²) >= 11 is 0. The van der Waals surface area contributed by atoms with Crippen molar-refractivity contribution < 1.29 is 17.4 Å². The molecule has 0 aliphatic rings. The Balaban J connectivity index is 2.82. The maximum atomic E-state index is 12.4. The van der Waals surface area contributed by atoms with Crippen LogP contribution in [0.1, 0.15) is 12.5 Å². The van der Waals surface area contributed by atoms with Gasteiger partial charge in [0.1, 0.15) is 5.82 Å². The second-order valence-electron chi connectivity index (χ2n) is 4.10. The highest BCUT2D eigenvalue weighted by atomic mass is 32.2. The minimum absolute atomic E-state index is 0.0555. The van der Waals surface area contributed by atoms with Crippen molar-refractivity contribution in [1.29, 1.82) is 0 Å². The van der Waals surface area contributed by atoms with Crippen LogP contribution in [0.25, 0.3) is 0 Å². The average molecular weight is 280 g/mol. The molecule has 0 radical (unpaired) electrons. The molecule has 2 atom stereocenters. The van der Waals surface area contributed by atoms with Crippen LogP contribution in [0, 0.1) is 0 Å². The van der Waals surface area contributed by atoms with Crippen LogP contribution in [0.5, 0.6) is 0 Å². The standard InChI is InChI=1S/C11H15F3N2OS/c1-8(7-18(3)17)16(2)10-5-4-9(6-15-10)11(12,13)14/h4-6,8H,7H2,1-3H3. The molecule has 1 aromatic heterocycles. The van der Waals surface area contributed by atoms with E-state index in [0.717, 1.165) is 12.3 Å². The Kier molecular flexibility index (Phi) is 4.72. The molecule has 0 aromatic carbocycles. The molecule has 3 nitrogen and oxygen atoms in total. The van der Waals surface area contributed by atoms with Crippen molar-refractivity contribution in [1.82, 2.24) is 4.98 Å². The number of alkyl halides is 3. The van der Waals surface area contributed by atoms with E-state index in [1.165, 1.54) is 6.07 Å². The predicted octanol–water partition coefficient (Wildman–Crippen LogP) is 2.30. The molecule has 7 heteroatoms. The van der Waals surface area contributed by atoms with Crippen molar-refractivity contribution in [2.45, 2.75) is 19.1 Å². The molecule has 0 saturated carbocycles. The highest BCUT2D eigenvalue weighted by Gasteiger charge is 2.30. The molecule has 0 amide bonds. The van der Waals surface area contributed by atoms with Gasteiger partial charge in [-0.15, -0.1) is 0 Å². The zero-order chi connectivity index (χ0) is 13.9. The summed E-state index contributed by atoms with van der Waals surface area (Å²) in [5.74, 6) is 0.875. The van der Waals surface area contributed by atoms with E-state index in [-0.39, 0.29) is 6.04 Å². The van der Waals surface area contributed by atoms with Crippen LogP contribution in [-0.4, -0.2) is 34.3 Å². The van der Waals surface area contributed by atoms with Gasteiger partial charge in [0.05, 0.1) is 5.56 Å². The van der Waals surface area contributed by atoms with Crippen LogP contribution in [0.4, 0.5) is 19.0 Å². The van der Waals surface area contributed by atoms with Gasteiger partial charge in [0.15, 0.2) is 0 Å². The number of aromatic nitrogens is 1. The molecular formula is C11H15F3N2OS. The lowest BCUT2D eigenvalue weighted by Gasteiger charge is -2.25. The van der Waals surface area contributed by atoms with Crippen molar-refractivity contribution in [3.8, 4) is 0 Å². The van der Waals surface area contributed by atoms with Gasteiger partial charge in [0.25, 0.3) is 0 Å². The second kappa shape index (κ2) is 5.69. The Morgan fingerprint density at radius 3 is 2.44 bits per heavy atom. The SMILES string of the molecule is CC(CS(C)=O)N(C)c1ccc(C(F)(F)F)cn1. The number of nitrogens with zero attached hydrogens (tertiary/aromatic N) is 2. The van der Waals surface area contributed by atoms with Gasteiger partial charge in [-0.25, -0.2) is 4.98 Å². The molecule has 1 aromatic rings. The minimum Gasteiger partial charge on any atom is -0.356 e. The third-order valence-corrected chi connectivity index (χ3v) is 3.53. The predicted molar refractivity (Wildman–Crippen MR) is 66.0 cm³/mol. The maximum absolute atomic E-state index is 12.4. The monoisotopic (exact) mass is 280 g/mol. The number of rotatable bonds is 4. The molecular weight excluding hydrogens is 265 g/mol. The van der Waals surface area contributed by atoms with Gasteiger partial charge >= 0.3 is 6.18 Å². The topological polar surface area (TPSA) is 33.2 Å². The largest absolute Gasteiger partial charge is 0.417 e. The highest BCUT2D eigenvalue weighted by molar-refractivity contribution is 7.84. The van der Waals surface area contributed by atoms with Gasteiger partial charge in [0, 0.05) is 42.1 Å². The van der Waals surface area contributed by atoms with Crippen LogP contribution in [0.3, 0.4) is 0 Å². The molecule has 102 valence electrons. The lowest BCUT2D eigenvalue weighted by molar-refractivity contribution is -0.137. The molecule has 0 saturated heterocycles. The number of halogens is 3. The van der Waals surface area contributed by atoms with Gasteiger partial charge in [-0.05, 0) is 19.1 Å². The van der Waals surface area contributed by atoms with E-state index >= 15 is 0 Å². The van der Waals surface area contributed by atoms with Crippen LogP contribution in [-0.2, 0) is 17.0 Å². The van der Waals surface area contributed by atoms with Gasteiger partial charge in [0.2, 0.25) is 0 Å². The summed E-state index contributed by atoms with van der Waals surface area (Å²) in [6.45, 7) is 1.85. The maximum Gasteiger partial charge on any atom is 0.417 e. The lowest BCUT2D eigenvalue weighted by Crippen LogP contribution is -2.33. The Morgan fingerprint density at radius 2 is 2.06 bits per heavy atom. The first kappa shape index (κ1) is 14.9. The molecule has 0 aliphatic carbocycles. The fourth-order valence-corrected chi connectivity index (χ4v) is 2.34. The normalized spacial score (nSPS) is 15.2. The summed E-state index contributed by atoms with van der Waals surface area (Å²) in [7, 11) is 0.757. The van der Waals surface area contributed by atoms with E-state index in [1.54, 1.807) is 18.2 Å². The number of pyridine rings is 1. The van der Waals surface area contributed by atoms with Crippen molar-refractivity contribution in [2.24, 2.45) is 0 Å². The second-order valence-corrected chi connectivity index (χ2v) is 5.58. The average Bonchev–Trinajstić information content (AvgIpc) is 2.26. The molecule has 0 N–H and O–H groups in total. The van der Waals surface area contributed by atoms with Crippen molar-refractivity contribution in [3.63, 3.8) is 0 Å². The Labute approximate surface area is 106 Å². The molecule has 0 bridgehead atoms. The van der Waals surface area contributed by atoms with Gasteiger partial charge in [-0.2, -0.15) is 13.2 Å². The van der Waals surface area contributed by atoms with Crippen LogP contribution in [0.2, 0.25) is 0 Å². The lowest BCUT2D eigenvalue weighted by atomic mass is 10.2. The Morgan fingerprint density at radius 1 is 1.44 bits per heavy atom. The smallest absolute Gasteiger partial charge is 0.356 e. The summed E-state index contributed by atoms with van der Waals surface area (Å²) < 4.78 is 48.2. The van der Waals surface area contributed by atoms with Gasteiger partial charge in [-0.1, -0.05) is 0 Å². The summed E-state index contributed by atoms with van der Waals surface area (Å²) in [5, 5.41) is 0. The first-order chi connectivity index (χ1) is 8.21. The van der Waals surface area contributed by atoms with Crippen LogP contribution >= 0.6 is 0 Å². The third kappa shape index (κ3) is 3.97. The number of anilines is 1. The van der Waals surface area contributed by atoms with E-state index < -0.39 is 22.5 Å². The van der Waals surface area contributed by atoms with Gasteiger partial charge in [-0.3, -0.25) is 4.21 Å². The zero-order valence-corrected chi connectivity index (χ0v) is 11.2. The van der Waals surface area contributed by atoms with E-state index in [0.29, 0.717) is 11.6 Å². The molecule has 2 unspecified atom stereocenters. The fourth-order valence-electron chi connectivity index (χ4n) is 1.44. The molecule has 0 fully saturated rings. The number of hydrogen-bond acceptors (Lipinski definition) is 3. The van der Waals surface area contributed by atoms with E-state index in [1.807, 2.05) is 6.92 Å². The first-order valence-corrected chi connectivity index (χ1v) is 7.00. The van der Waals surface area contributed by atoms with Crippen molar-refractivity contribution in [3.05, 3.63) is 23.9 Å². The first-order valence-electron chi connectivity index (χ1n) is 5.28. The molecule has 18 heavy (non-hydrogen) atoms. The third-order valence-electron chi connectivity index (χ3n) is 2.57. The fraction of sp³-hybridized carbons (Fsp3) is 0.545. The van der Waals surface area contributed by atoms with Gasteiger partial charge < -0.3 is 4.90 Å². The molecule has 0 aliphatic heterocycles. The summed E-state index contributed by atoms with van der Waals surface area (Å²) in [4.78, 5) is 5.49. The van der Waals surface area contributed by atoms with E-state index in [4.69, 9.17) is 0 Å². The van der Waals surface area contributed by atoms with Crippen molar-refractivity contribution >= 4 is 16.6 Å². The van der Waals surface area contributed by atoms with Crippen LogP contribution in [0.15, 0.2) is 18.3 Å². The Bertz CT molecular complexity index is 419. The summed E-state index contributed by atoms with van der Waals surface area (Å²) in [6, 6.07) is 2.26. The van der Waals surface area contributed by atoms with E-state index in [9.17, 15) is 17.4 Å². The highest BCUT2D eigenvalue weighted by Crippen LogP contribution is 2.29. The summed E-state index contributed by atoms with van der Waals surface area (Å²) in [5.41, 5.74) is -0.772. The minimum atomic E-state index is -4.37. The molecule has 1 heterocycles. The Hall–Kier alpha value is -1.11. The summed E-state index contributed by atoms with van der Waals surface area (Å²) in [6.07, 6.45) is -1.98. The molecule has 0 spiro atoms. The van der Waals surface area contributed by atoms with E-state index in [2.05, 4.69) is 4.98 Å². The molecule has 1 rings (SSSR count). The van der Waals surface area contributed by atoms with Crippen LogP contribution < -0.4 is 4.90 Å². The zero-order valence-electron chi connectivity index (χ0n) is 10.4. The quantitative estimate of drug-likeness (QED) is 0.848.